The van der Waals surface area contributed by atoms with Crippen molar-refractivity contribution >= 4 is 22.9 Å². The second kappa shape index (κ2) is 6.96. The van der Waals surface area contributed by atoms with Crippen molar-refractivity contribution in [1.29, 1.82) is 0 Å². The summed E-state index contributed by atoms with van der Waals surface area (Å²) in [5.41, 5.74) is 2.82. The monoisotopic (exact) mass is 278 g/mol. The van der Waals surface area contributed by atoms with Gasteiger partial charge in [0, 0.05) is 10.8 Å². The van der Waals surface area contributed by atoms with Crippen molar-refractivity contribution in [2.45, 2.75) is 26.2 Å². The molecule has 1 aromatic heterocycles. The Morgan fingerprint density at radius 3 is 2.67 bits per heavy atom. The lowest BCUT2D eigenvalue weighted by Gasteiger charge is -2.15. The van der Waals surface area contributed by atoms with Crippen molar-refractivity contribution in [3.8, 4) is 0 Å². The second-order valence-electron chi connectivity index (χ2n) is 4.77. The summed E-state index contributed by atoms with van der Waals surface area (Å²) in [4.78, 5) is 1.47. The molecule has 0 saturated heterocycles. The molecule has 1 heterocycles. The van der Waals surface area contributed by atoms with Gasteiger partial charge < -0.3 is 0 Å². The van der Waals surface area contributed by atoms with Crippen molar-refractivity contribution in [1.82, 2.24) is 0 Å². The highest BCUT2D eigenvalue weighted by molar-refractivity contribution is 7.09. The van der Waals surface area contributed by atoms with E-state index >= 15 is 0 Å². The molecule has 0 aliphatic heterocycles. The van der Waals surface area contributed by atoms with Crippen molar-refractivity contribution in [3.05, 3.63) is 57.8 Å². The molecule has 1 unspecified atom stereocenters. The van der Waals surface area contributed by atoms with Crippen LogP contribution in [0.5, 0.6) is 0 Å². The van der Waals surface area contributed by atoms with Crippen LogP contribution in [-0.4, -0.2) is 5.88 Å². The topological polar surface area (TPSA) is 0 Å². The first-order valence-electron chi connectivity index (χ1n) is 6.42. The average molecular weight is 279 g/mol. The fraction of sp³-hybridized carbons (Fsp3) is 0.375. The molecule has 0 radical (unpaired) electrons. The van der Waals surface area contributed by atoms with E-state index in [1.165, 1.54) is 22.4 Å². The van der Waals surface area contributed by atoms with Gasteiger partial charge in [0.1, 0.15) is 0 Å². The number of rotatable bonds is 6. The summed E-state index contributed by atoms with van der Waals surface area (Å²) in [6.07, 6.45) is 3.43. The van der Waals surface area contributed by atoms with Crippen molar-refractivity contribution in [3.63, 3.8) is 0 Å². The van der Waals surface area contributed by atoms with Crippen molar-refractivity contribution in [2.24, 2.45) is 5.92 Å². The van der Waals surface area contributed by atoms with Crippen LogP contribution in [0.1, 0.15) is 22.4 Å². The Hall–Kier alpha value is -0.790. The van der Waals surface area contributed by atoms with E-state index in [1.54, 1.807) is 0 Å². The fourth-order valence-corrected chi connectivity index (χ4v) is 3.17. The maximum atomic E-state index is 6.11. The largest absolute Gasteiger partial charge is 0.149 e. The number of aryl methyl sites for hydroxylation is 2. The molecule has 0 amide bonds. The van der Waals surface area contributed by atoms with Gasteiger partial charge in [-0.2, -0.15) is 0 Å². The minimum atomic E-state index is 0.579. The highest BCUT2D eigenvalue weighted by Crippen LogP contribution is 2.20. The summed E-state index contributed by atoms with van der Waals surface area (Å²) >= 11 is 7.96. The van der Waals surface area contributed by atoms with Crippen LogP contribution < -0.4 is 0 Å². The molecule has 0 saturated carbocycles. The maximum Gasteiger partial charge on any atom is 0.0255 e. The van der Waals surface area contributed by atoms with Crippen LogP contribution in [0.25, 0.3) is 0 Å². The van der Waals surface area contributed by atoms with Crippen LogP contribution in [0, 0.1) is 12.8 Å². The molecule has 1 atom stereocenters. The molecule has 0 N–H and O–H groups in total. The molecule has 0 fully saturated rings. The third-order valence-electron chi connectivity index (χ3n) is 3.37. The van der Waals surface area contributed by atoms with E-state index in [2.05, 4.69) is 48.7 Å². The van der Waals surface area contributed by atoms with Crippen LogP contribution in [0.3, 0.4) is 0 Å². The molecule has 1 aromatic carbocycles. The third-order valence-corrected chi connectivity index (χ3v) is 4.74. The Labute approximate surface area is 119 Å². The second-order valence-corrected chi connectivity index (χ2v) is 6.11. The van der Waals surface area contributed by atoms with Gasteiger partial charge in [-0.3, -0.25) is 0 Å². The smallest absolute Gasteiger partial charge is 0.0255 e. The zero-order valence-corrected chi connectivity index (χ0v) is 12.3. The third kappa shape index (κ3) is 3.86. The van der Waals surface area contributed by atoms with Crippen LogP contribution >= 0.6 is 22.9 Å². The fourth-order valence-electron chi connectivity index (χ4n) is 2.19. The summed E-state index contributed by atoms with van der Waals surface area (Å²) < 4.78 is 0. The lowest BCUT2D eigenvalue weighted by molar-refractivity contribution is 0.537. The molecule has 0 aliphatic rings. The molecule has 0 nitrogen and oxygen atoms in total. The first-order valence-corrected chi connectivity index (χ1v) is 7.84. The predicted octanol–water partition coefficient (Wildman–Crippen LogP) is 5.09. The molecule has 18 heavy (non-hydrogen) atoms. The summed E-state index contributed by atoms with van der Waals surface area (Å²) in [7, 11) is 0. The minimum Gasteiger partial charge on any atom is -0.149 e. The van der Waals surface area contributed by atoms with Gasteiger partial charge in [0.05, 0.1) is 0 Å². The van der Waals surface area contributed by atoms with E-state index < -0.39 is 0 Å². The van der Waals surface area contributed by atoms with E-state index in [0.29, 0.717) is 5.92 Å². The SMILES string of the molecule is Cc1ccccc1CC(CCl)CCc1cccs1. The maximum absolute atomic E-state index is 6.11. The number of thiophene rings is 1. The van der Waals surface area contributed by atoms with E-state index in [4.69, 9.17) is 11.6 Å². The van der Waals surface area contributed by atoms with Crippen molar-refractivity contribution < 1.29 is 0 Å². The quantitative estimate of drug-likeness (QED) is 0.646. The van der Waals surface area contributed by atoms with Gasteiger partial charge >= 0.3 is 0 Å². The van der Waals surface area contributed by atoms with Crippen LogP contribution in [-0.2, 0) is 12.8 Å². The summed E-state index contributed by atoms with van der Waals surface area (Å²) in [5.74, 6) is 1.33. The summed E-state index contributed by atoms with van der Waals surface area (Å²) in [6.45, 7) is 2.18. The number of hydrogen-bond donors (Lipinski definition) is 0. The molecule has 0 bridgehead atoms. The van der Waals surface area contributed by atoms with E-state index in [1.807, 2.05) is 11.3 Å². The summed E-state index contributed by atoms with van der Waals surface area (Å²) in [6, 6.07) is 13.0. The van der Waals surface area contributed by atoms with E-state index in [0.717, 1.165) is 18.7 Å². The van der Waals surface area contributed by atoms with Gasteiger partial charge in [0.15, 0.2) is 0 Å². The predicted molar refractivity (Wildman–Crippen MR) is 81.7 cm³/mol. The Balaban J connectivity index is 1.91. The molecular weight excluding hydrogens is 260 g/mol. The molecule has 2 heteroatoms. The Kier molecular flexibility index (Phi) is 5.27. The lowest BCUT2D eigenvalue weighted by atomic mass is 9.94. The van der Waals surface area contributed by atoms with Gasteiger partial charge in [0.2, 0.25) is 0 Å². The molecule has 0 aliphatic carbocycles. The minimum absolute atomic E-state index is 0.579. The number of alkyl halides is 1. The van der Waals surface area contributed by atoms with Crippen LogP contribution in [0.4, 0.5) is 0 Å². The number of benzene rings is 1. The summed E-state index contributed by atoms with van der Waals surface area (Å²) in [5, 5.41) is 2.15. The number of hydrogen-bond acceptors (Lipinski definition) is 1. The van der Waals surface area contributed by atoms with Gasteiger partial charge in [0.25, 0.3) is 0 Å². The zero-order chi connectivity index (χ0) is 12.8. The number of halogens is 1. The molecule has 2 aromatic rings. The standard InChI is InChI=1S/C16H19ClS/c1-13-5-2-3-6-15(13)11-14(12-17)8-9-16-7-4-10-18-16/h2-7,10,14H,8-9,11-12H2,1H3. The molecule has 2 rings (SSSR count). The van der Waals surface area contributed by atoms with E-state index in [-0.39, 0.29) is 0 Å². The Morgan fingerprint density at radius 2 is 2.00 bits per heavy atom. The van der Waals surface area contributed by atoms with Gasteiger partial charge in [-0.15, -0.1) is 22.9 Å². The lowest BCUT2D eigenvalue weighted by Crippen LogP contribution is -2.08. The Morgan fingerprint density at radius 1 is 1.17 bits per heavy atom. The molecule has 0 spiro atoms. The first-order chi connectivity index (χ1) is 8.79. The van der Waals surface area contributed by atoms with Crippen LogP contribution in [0.2, 0.25) is 0 Å². The van der Waals surface area contributed by atoms with Gasteiger partial charge in [-0.1, -0.05) is 30.3 Å². The van der Waals surface area contributed by atoms with Crippen LogP contribution in [0.15, 0.2) is 41.8 Å². The van der Waals surface area contributed by atoms with Gasteiger partial charge in [-0.05, 0) is 54.7 Å². The highest BCUT2D eigenvalue weighted by Gasteiger charge is 2.10. The zero-order valence-electron chi connectivity index (χ0n) is 10.7. The normalized spacial score (nSPS) is 12.6. The Bertz CT molecular complexity index is 462. The van der Waals surface area contributed by atoms with E-state index in [9.17, 15) is 0 Å². The van der Waals surface area contributed by atoms with Gasteiger partial charge in [-0.25, -0.2) is 0 Å². The first kappa shape index (κ1) is 13.6. The van der Waals surface area contributed by atoms with Crippen molar-refractivity contribution in [2.75, 3.05) is 5.88 Å². The molecular formula is C16H19ClS. The highest BCUT2D eigenvalue weighted by atomic mass is 35.5. The molecule has 96 valence electrons. The average Bonchev–Trinajstić information content (AvgIpc) is 2.90.